The van der Waals surface area contributed by atoms with Crippen LogP contribution in [0.3, 0.4) is 0 Å². The van der Waals surface area contributed by atoms with E-state index in [1.54, 1.807) is 0 Å². The molecular weight excluding hydrogens is 621 g/mol. The number of furan rings is 1. The van der Waals surface area contributed by atoms with Crippen molar-refractivity contribution in [1.29, 1.82) is 0 Å². The van der Waals surface area contributed by atoms with E-state index in [1.807, 2.05) is 6.07 Å². The average molecular weight is 655 g/mol. The lowest BCUT2D eigenvalue weighted by atomic mass is 10.00. The van der Waals surface area contributed by atoms with Crippen LogP contribution in [0.2, 0.25) is 0 Å². The van der Waals surface area contributed by atoms with Gasteiger partial charge in [0.05, 0.1) is 5.69 Å². The Morgan fingerprint density at radius 3 is 1.78 bits per heavy atom. The molecule has 0 bridgehead atoms. The number of anilines is 3. The van der Waals surface area contributed by atoms with Gasteiger partial charge in [-0.25, -0.2) is 0 Å². The first kappa shape index (κ1) is 29.3. The van der Waals surface area contributed by atoms with Gasteiger partial charge in [-0.15, -0.1) is 0 Å². The van der Waals surface area contributed by atoms with Crippen molar-refractivity contribution in [3.8, 4) is 22.3 Å². The first-order valence-corrected chi connectivity index (χ1v) is 17.7. The summed E-state index contributed by atoms with van der Waals surface area (Å²) in [4.78, 5) is 2.34. The Balaban J connectivity index is 1.15. The molecule has 8 aromatic carbocycles. The van der Waals surface area contributed by atoms with E-state index in [1.165, 1.54) is 54.8 Å². The first-order valence-electron chi connectivity index (χ1n) is 17.7. The summed E-state index contributed by atoms with van der Waals surface area (Å²) in [5.41, 5.74) is 12.2. The third kappa shape index (κ3) is 4.74. The number of para-hydroxylation sites is 2. The third-order valence-corrected chi connectivity index (χ3v) is 10.4. The van der Waals surface area contributed by atoms with Crippen LogP contribution in [0.5, 0.6) is 0 Å². The minimum absolute atomic E-state index is 0.879. The molecule has 3 nitrogen and oxygen atoms in total. The highest BCUT2D eigenvalue weighted by molar-refractivity contribution is 6.23. The van der Waals surface area contributed by atoms with Crippen molar-refractivity contribution in [1.82, 2.24) is 4.57 Å². The van der Waals surface area contributed by atoms with Crippen molar-refractivity contribution >= 4 is 71.6 Å². The summed E-state index contributed by atoms with van der Waals surface area (Å²) < 4.78 is 9.15. The lowest BCUT2D eigenvalue weighted by Crippen LogP contribution is -2.10. The molecule has 10 rings (SSSR count). The van der Waals surface area contributed by atoms with Gasteiger partial charge in [0.2, 0.25) is 0 Å². The molecule has 0 saturated heterocycles. The maximum Gasteiger partial charge on any atom is 0.160 e. The fraction of sp³-hybridized carbons (Fsp3) is 0.0417. The monoisotopic (exact) mass is 654 g/mol. The van der Waals surface area contributed by atoms with E-state index < -0.39 is 0 Å². The van der Waals surface area contributed by atoms with Gasteiger partial charge in [-0.05, 0) is 94.5 Å². The van der Waals surface area contributed by atoms with Crippen molar-refractivity contribution in [3.63, 3.8) is 0 Å². The average Bonchev–Trinajstić information content (AvgIpc) is 3.75. The molecule has 0 aliphatic carbocycles. The Morgan fingerprint density at radius 2 is 1.04 bits per heavy atom. The van der Waals surface area contributed by atoms with Crippen LogP contribution in [0.1, 0.15) is 6.92 Å². The molecule has 0 fully saturated rings. The van der Waals surface area contributed by atoms with Crippen LogP contribution in [0, 0.1) is 0 Å². The van der Waals surface area contributed by atoms with Crippen LogP contribution in [0.4, 0.5) is 17.1 Å². The Hall–Kier alpha value is -6.58. The van der Waals surface area contributed by atoms with Gasteiger partial charge in [0, 0.05) is 50.5 Å². The molecule has 0 amide bonds. The predicted octanol–water partition coefficient (Wildman–Crippen LogP) is 13.7. The maximum absolute atomic E-state index is 6.75. The SMILES string of the molecule is CCn1c2ccccc2c2cc(-c3ccc(N(c4ccc(-c5ccccc5)cc4)c4cc5ccccc5c5c4oc4ccccc45)cc3)ccc21. The summed E-state index contributed by atoms with van der Waals surface area (Å²) in [5, 5.41) is 7.21. The number of aromatic nitrogens is 1. The van der Waals surface area contributed by atoms with E-state index in [4.69, 9.17) is 4.42 Å². The second kappa shape index (κ2) is 11.8. The van der Waals surface area contributed by atoms with Gasteiger partial charge in [0.1, 0.15) is 5.58 Å². The number of hydrogen-bond acceptors (Lipinski definition) is 2. The van der Waals surface area contributed by atoms with Crippen molar-refractivity contribution < 1.29 is 4.42 Å². The molecule has 0 aliphatic heterocycles. The molecule has 10 aromatic rings. The summed E-state index contributed by atoms with van der Waals surface area (Å²) in [6, 6.07) is 63.3. The van der Waals surface area contributed by atoms with Gasteiger partial charge in [0.25, 0.3) is 0 Å². The molecule has 0 radical (unpaired) electrons. The molecular formula is C48H34N2O. The number of fused-ring (bicyclic) bond motifs is 8. The lowest BCUT2D eigenvalue weighted by Gasteiger charge is -2.26. The van der Waals surface area contributed by atoms with Gasteiger partial charge < -0.3 is 13.9 Å². The molecule has 2 aromatic heterocycles. The van der Waals surface area contributed by atoms with E-state index in [-0.39, 0.29) is 0 Å². The Bertz CT molecular complexity index is 2880. The highest BCUT2D eigenvalue weighted by Gasteiger charge is 2.22. The minimum atomic E-state index is 0.879. The number of aryl methyl sites for hydroxylation is 1. The van der Waals surface area contributed by atoms with Crippen LogP contribution in [-0.2, 0) is 6.54 Å². The van der Waals surface area contributed by atoms with Crippen LogP contribution in [-0.4, -0.2) is 4.57 Å². The Kier molecular flexibility index (Phi) is 6.78. The molecule has 0 N–H and O–H groups in total. The van der Waals surface area contributed by atoms with Gasteiger partial charge >= 0.3 is 0 Å². The smallest absolute Gasteiger partial charge is 0.160 e. The maximum atomic E-state index is 6.75. The number of nitrogens with zero attached hydrogens (tertiary/aromatic N) is 2. The predicted molar refractivity (Wildman–Crippen MR) is 215 cm³/mol. The summed E-state index contributed by atoms with van der Waals surface area (Å²) in [6.07, 6.45) is 0. The quantitative estimate of drug-likeness (QED) is 0.178. The number of hydrogen-bond donors (Lipinski definition) is 0. The summed E-state index contributed by atoms with van der Waals surface area (Å²) >= 11 is 0. The molecule has 0 spiro atoms. The topological polar surface area (TPSA) is 21.3 Å². The van der Waals surface area contributed by atoms with Gasteiger partial charge in [-0.1, -0.05) is 121 Å². The van der Waals surface area contributed by atoms with Crippen LogP contribution >= 0.6 is 0 Å². The zero-order chi connectivity index (χ0) is 33.9. The summed E-state index contributed by atoms with van der Waals surface area (Å²) in [5.74, 6) is 0. The standard InChI is InChI=1S/C48H34N2O/c1-2-49-43-18-10-8-16-40(43)42-30-35(24-29-44(42)49)34-22-27-38(28-23-34)50(37-25-20-33(21-26-37)32-12-4-3-5-13-32)45-31-36-14-6-7-15-39(36)47-41-17-9-11-19-46(41)51-48(45)47/h3-31H,2H2,1H3. The van der Waals surface area contributed by atoms with E-state index in [0.29, 0.717) is 0 Å². The van der Waals surface area contributed by atoms with E-state index in [2.05, 4.69) is 186 Å². The third-order valence-electron chi connectivity index (χ3n) is 10.4. The summed E-state index contributed by atoms with van der Waals surface area (Å²) in [7, 11) is 0. The van der Waals surface area contributed by atoms with E-state index in [0.717, 1.165) is 45.5 Å². The first-order chi connectivity index (χ1) is 25.2. The fourth-order valence-electron chi connectivity index (χ4n) is 7.96. The second-order valence-corrected chi connectivity index (χ2v) is 13.2. The molecule has 0 aliphatic rings. The normalized spacial score (nSPS) is 11.7. The van der Waals surface area contributed by atoms with Crippen molar-refractivity contribution in [2.24, 2.45) is 0 Å². The van der Waals surface area contributed by atoms with Crippen LogP contribution in [0.25, 0.3) is 76.8 Å². The molecule has 3 heteroatoms. The second-order valence-electron chi connectivity index (χ2n) is 13.2. The summed E-state index contributed by atoms with van der Waals surface area (Å²) in [6.45, 7) is 3.15. The molecule has 0 atom stereocenters. The highest BCUT2D eigenvalue weighted by atomic mass is 16.3. The Labute approximate surface area is 296 Å². The van der Waals surface area contributed by atoms with Crippen LogP contribution < -0.4 is 4.90 Å². The van der Waals surface area contributed by atoms with Crippen molar-refractivity contribution in [2.45, 2.75) is 13.5 Å². The van der Waals surface area contributed by atoms with E-state index in [9.17, 15) is 0 Å². The zero-order valence-electron chi connectivity index (χ0n) is 28.3. The van der Waals surface area contributed by atoms with Gasteiger partial charge in [0.15, 0.2) is 5.58 Å². The number of rotatable bonds is 6. The minimum Gasteiger partial charge on any atom is -0.454 e. The molecule has 51 heavy (non-hydrogen) atoms. The molecule has 0 unspecified atom stereocenters. The fourth-order valence-corrected chi connectivity index (χ4v) is 7.96. The van der Waals surface area contributed by atoms with Crippen molar-refractivity contribution in [3.05, 3.63) is 176 Å². The molecule has 2 heterocycles. The van der Waals surface area contributed by atoms with Gasteiger partial charge in [-0.2, -0.15) is 0 Å². The lowest BCUT2D eigenvalue weighted by molar-refractivity contribution is 0.669. The zero-order valence-corrected chi connectivity index (χ0v) is 28.3. The molecule has 242 valence electrons. The Morgan fingerprint density at radius 1 is 0.471 bits per heavy atom. The number of benzene rings is 8. The molecule has 0 saturated carbocycles. The van der Waals surface area contributed by atoms with Crippen molar-refractivity contribution in [2.75, 3.05) is 4.90 Å². The van der Waals surface area contributed by atoms with Crippen LogP contribution in [0.15, 0.2) is 180 Å². The highest BCUT2D eigenvalue weighted by Crippen LogP contribution is 2.46. The largest absolute Gasteiger partial charge is 0.454 e. The van der Waals surface area contributed by atoms with Gasteiger partial charge in [-0.3, -0.25) is 0 Å². The van der Waals surface area contributed by atoms with E-state index >= 15 is 0 Å².